The molecule has 0 aliphatic carbocycles. The van der Waals surface area contributed by atoms with Gasteiger partial charge in [-0.25, -0.2) is 5.43 Å². The molecule has 0 saturated heterocycles. The number of methoxy groups -OCH3 is 1. The minimum absolute atomic E-state index is 0.128. The lowest BCUT2D eigenvalue weighted by atomic mass is 10.1. The van der Waals surface area contributed by atoms with E-state index in [1.807, 2.05) is 0 Å². The number of para-hydroxylation sites is 1. The van der Waals surface area contributed by atoms with E-state index in [1.54, 1.807) is 24.3 Å². The van der Waals surface area contributed by atoms with Crippen LogP contribution in [-0.4, -0.2) is 19.2 Å². The Balaban J connectivity index is 2.09. The van der Waals surface area contributed by atoms with E-state index < -0.39 is 17.6 Å². The van der Waals surface area contributed by atoms with Gasteiger partial charge in [0.05, 0.1) is 18.9 Å². The summed E-state index contributed by atoms with van der Waals surface area (Å²) in [5.74, 6) is -0.174. The first-order valence-electron chi connectivity index (χ1n) is 6.55. The second kappa shape index (κ2) is 6.95. The fourth-order valence-electron chi connectivity index (χ4n) is 1.83. The van der Waals surface area contributed by atoms with Crippen molar-refractivity contribution in [3.63, 3.8) is 0 Å². The van der Waals surface area contributed by atoms with Crippen LogP contribution in [0.15, 0.2) is 53.6 Å². The fraction of sp³-hybridized carbons (Fsp3) is 0.125. The predicted octanol–water partition coefficient (Wildman–Crippen LogP) is 3.48. The van der Waals surface area contributed by atoms with Crippen LogP contribution < -0.4 is 10.2 Å². The highest BCUT2D eigenvalue weighted by Crippen LogP contribution is 2.29. The first-order chi connectivity index (χ1) is 10.9. The number of alkyl halides is 3. The van der Waals surface area contributed by atoms with Gasteiger partial charge in [-0.2, -0.15) is 18.3 Å². The van der Waals surface area contributed by atoms with Crippen LogP contribution in [0, 0.1) is 0 Å². The molecule has 7 heteroatoms. The molecule has 2 aromatic rings. The lowest BCUT2D eigenvalue weighted by molar-refractivity contribution is -0.137. The van der Waals surface area contributed by atoms with Gasteiger partial charge in [0.2, 0.25) is 0 Å². The van der Waals surface area contributed by atoms with E-state index in [0.29, 0.717) is 11.3 Å². The Morgan fingerprint density at radius 3 is 2.61 bits per heavy atom. The van der Waals surface area contributed by atoms with Crippen LogP contribution in [0.1, 0.15) is 21.5 Å². The number of rotatable bonds is 4. The minimum Gasteiger partial charge on any atom is -0.496 e. The van der Waals surface area contributed by atoms with Gasteiger partial charge >= 0.3 is 6.18 Å². The van der Waals surface area contributed by atoms with Crippen molar-refractivity contribution in [2.45, 2.75) is 6.18 Å². The lowest BCUT2D eigenvalue weighted by Gasteiger charge is -2.07. The van der Waals surface area contributed by atoms with Gasteiger partial charge in [0.1, 0.15) is 5.75 Å². The number of carbonyl (C=O) groups excluding carboxylic acids is 1. The molecular weight excluding hydrogens is 309 g/mol. The highest BCUT2D eigenvalue weighted by molar-refractivity contribution is 5.95. The number of hydrazone groups is 1. The van der Waals surface area contributed by atoms with Crippen LogP contribution in [0.2, 0.25) is 0 Å². The van der Waals surface area contributed by atoms with Crippen LogP contribution in [0.5, 0.6) is 5.75 Å². The number of benzene rings is 2. The Kier molecular flexibility index (Phi) is 5.00. The molecule has 0 spiro atoms. The number of ether oxygens (including phenoxy) is 1. The van der Waals surface area contributed by atoms with Crippen LogP contribution in [-0.2, 0) is 6.18 Å². The summed E-state index contributed by atoms with van der Waals surface area (Å²) in [7, 11) is 1.49. The molecule has 0 bridgehead atoms. The SMILES string of the molecule is COc1ccccc1/C=N\NC(=O)c1cccc(C(F)(F)F)c1. The molecule has 0 unspecified atom stereocenters. The van der Waals surface area contributed by atoms with E-state index in [1.165, 1.54) is 25.5 Å². The van der Waals surface area contributed by atoms with Crippen molar-refractivity contribution >= 4 is 12.1 Å². The summed E-state index contributed by atoms with van der Waals surface area (Å²) in [5, 5.41) is 3.73. The summed E-state index contributed by atoms with van der Waals surface area (Å²) in [4.78, 5) is 11.8. The van der Waals surface area contributed by atoms with E-state index in [2.05, 4.69) is 10.5 Å². The summed E-state index contributed by atoms with van der Waals surface area (Å²) in [6.45, 7) is 0. The molecule has 0 radical (unpaired) electrons. The maximum Gasteiger partial charge on any atom is 0.416 e. The number of halogens is 3. The molecule has 2 rings (SSSR count). The average molecular weight is 322 g/mol. The smallest absolute Gasteiger partial charge is 0.416 e. The average Bonchev–Trinajstić information content (AvgIpc) is 2.54. The Labute approximate surface area is 130 Å². The van der Waals surface area contributed by atoms with Crippen molar-refractivity contribution in [2.75, 3.05) is 7.11 Å². The second-order valence-corrected chi connectivity index (χ2v) is 4.52. The Morgan fingerprint density at radius 1 is 1.17 bits per heavy atom. The molecule has 1 N–H and O–H groups in total. The Bertz CT molecular complexity index is 727. The first-order valence-corrected chi connectivity index (χ1v) is 6.55. The predicted molar refractivity (Wildman–Crippen MR) is 79.5 cm³/mol. The van der Waals surface area contributed by atoms with Crippen molar-refractivity contribution < 1.29 is 22.7 Å². The third-order valence-electron chi connectivity index (χ3n) is 2.96. The molecular formula is C16H13F3N2O2. The number of nitrogens with one attached hydrogen (secondary N) is 1. The third kappa shape index (κ3) is 4.32. The molecule has 4 nitrogen and oxygen atoms in total. The Morgan fingerprint density at radius 2 is 1.91 bits per heavy atom. The second-order valence-electron chi connectivity index (χ2n) is 4.52. The molecule has 0 aromatic heterocycles. The Hall–Kier alpha value is -2.83. The summed E-state index contributed by atoms with van der Waals surface area (Å²) in [6, 6.07) is 11.1. The van der Waals surface area contributed by atoms with E-state index in [-0.39, 0.29) is 5.56 Å². The molecule has 0 heterocycles. The zero-order chi connectivity index (χ0) is 16.9. The summed E-state index contributed by atoms with van der Waals surface area (Å²) >= 11 is 0. The highest BCUT2D eigenvalue weighted by atomic mass is 19.4. The molecule has 120 valence electrons. The molecule has 0 fully saturated rings. The quantitative estimate of drug-likeness (QED) is 0.692. The van der Waals surface area contributed by atoms with Gasteiger partial charge in [-0.1, -0.05) is 18.2 Å². The molecule has 0 atom stereocenters. The van der Waals surface area contributed by atoms with Gasteiger partial charge in [0.15, 0.2) is 0 Å². The topological polar surface area (TPSA) is 50.7 Å². The van der Waals surface area contributed by atoms with Crippen molar-refractivity contribution in [1.29, 1.82) is 0 Å². The molecule has 1 amide bonds. The molecule has 0 saturated carbocycles. The summed E-state index contributed by atoms with van der Waals surface area (Å²) in [6.07, 6.45) is -3.15. The largest absolute Gasteiger partial charge is 0.496 e. The van der Waals surface area contributed by atoms with Crippen molar-refractivity contribution in [2.24, 2.45) is 5.10 Å². The van der Waals surface area contributed by atoms with Crippen LogP contribution in [0.4, 0.5) is 13.2 Å². The lowest BCUT2D eigenvalue weighted by Crippen LogP contribution is -2.18. The minimum atomic E-state index is -4.50. The fourth-order valence-corrected chi connectivity index (χ4v) is 1.83. The standard InChI is InChI=1S/C16H13F3N2O2/c1-23-14-8-3-2-5-12(14)10-20-21-15(22)11-6-4-7-13(9-11)16(17,18)19/h2-10H,1H3,(H,21,22)/b20-10-. The zero-order valence-electron chi connectivity index (χ0n) is 12.1. The van der Waals surface area contributed by atoms with E-state index >= 15 is 0 Å². The van der Waals surface area contributed by atoms with Gasteiger partial charge in [-0.3, -0.25) is 4.79 Å². The number of carbonyl (C=O) groups is 1. The van der Waals surface area contributed by atoms with Crippen molar-refractivity contribution in [1.82, 2.24) is 5.43 Å². The van der Waals surface area contributed by atoms with Gasteiger partial charge in [-0.05, 0) is 30.3 Å². The molecule has 2 aromatic carbocycles. The molecule has 0 aliphatic heterocycles. The van der Waals surface area contributed by atoms with Gasteiger partial charge < -0.3 is 4.74 Å². The molecule has 0 aliphatic rings. The third-order valence-corrected chi connectivity index (χ3v) is 2.96. The van der Waals surface area contributed by atoms with Crippen molar-refractivity contribution in [3.05, 3.63) is 65.2 Å². The summed E-state index contributed by atoms with van der Waals surface area (Å²) < 4.78 is 43.0. The molecule has 23 heavy (non-hydrogen) atoms. The number of hydrogen-bond acceptors (Lipinski definition) is 3. The van der Waals surface area contributed by atoms with Crippen LogP contribution in [0.25, 0.3) is 0 Å². The monoisotopic (exact) mass is 322 g/mol. The van der Waals surface area contributed by atoms with E-state index in [0.717, 1.165) is 12.1 Å². The van der Waals surface area contributed by atoms with E-state index in [9.17, 15) is 18.0 Å². The maximum absolute atomic E-state index is 12.6. The van der Waals surface area contributed by atoms with Gasteiger partial charge in [0, 0.05) is 11.1 Å². The van der Waals surface area contributed by atoms with Crippen molar-refractivity contribution in [3.8, 4) is 5.75 Å². The van der Waals surface area contributed by atoms with Gasteiger partial charge in [0.25, 0.3) is 5.91 Å². The highest BCUT2D eigenvalue weighted by Gasteiger charge is 2.30. The van der Waals surface area contributed by atoms with Crippen LogP contribution >= 0.6 is 0 Å². The first kappa shape index (κ1) is 16.5. The normalized spacial score (nSPS) is 11.5. The van der Waals surface area contributed by atoms with E-state index in [4.69, 9.17) is 4.74 Å². The summed E-state index contributed by atoms with van der Waals surface area (Å²) in [5.41, 5.74) is 1.79. The van der Waals surface area contributed by atoms with Crippen LogP contribution in [0.3, 0.4) is 0 Å². The number of nitrogens with zero attached hydrogens (tertiary/aromatic N) is 1. The number of hydrogen-bond donors (Lipinski definition) is 1. The maximum atomic E-state index is 12.6. The number of amides is 1. The van der Waals surface area contributed by atoms with Gasteiger partial charge in [-0.15, -0.1) is 0 Å². The zero-order valence-corrected chi connectivity index (χ0v) is 12.1.